The molecule has 0 aliphatic carbocycles. The molecule has 2 heterocycles. The molecule has 0 aliphatic rings. The van der Waals surface area contributed by atoms with Gasteiger partial charge in [-0.2, -0.15) is 5.10 Å². The summed E-state index contributed by atoms with van der Waals surface area (Å²) >= 11 is 1.34. The van der Waals surface area contributed by atoms with Crippen LogP contribution in [-0.4, -0.2) is 21.7 Å². The zero-order chi connectivity index (χ0) is 17.6. The van der Waals surface area contributed by atoms with E-state index in [0.29, 0.717) is 11.4 Å². The molecule has 0 radical (unpaired) electrons. The number of para-hydroxylation sites is 1. The molecule has 0 aliphatic heterocycles. The highest BCUT2D eigenvalue weighted by atomic mass is 32.1. The fraction of sp³-hybridized carbons (Fsp3) is 0.222. The van der Waals surface area contributed by atoms with Gasteiger partial charge < -0.3 is 10.1 Å². The average molecular weight is 359 g/mol. The van der Waals surface area contributed by atoms with Crippen molar-refractivity contribution in [2.45, 2.75) is 26.1 Å². The van der Waals surface area contributed by atoms with Crippen LogP contribution in [0.1, 0.15) is 22.2 Å². The first kappa shape index (κ1) is 17.2. The molecule has 5 nitrogen and oxygen atoms in total. The van der Waals surface area contributed by atoms with Gasteiger partial charge in [-0.1, -0.05) is 12.1 Å². The maximum Gasteiger partial charge on any atom is 0.261 e. The van der Waals surface area contributed by atoms with E-state index in [1.54, 1.807) is 35.1 Å². The Morgan fingerprint density at radius 2 is 2.24 bits per heavy atom. The molecule has 1 N–H and O–H groups in total. The number of amides is 1. The first-order valence-electron chi connectivity index (χ1n) is 7.85. The van der Waals surface area contributed by atoms with E-state index >= 15 is 0 Å². The lowest BCUT2D eigenvalue weighted by atomic mass is 10.3. The number of thiophene rings is 1. The van der Waals surface area contributed by atoms with Crippen molar-refractivity contribution in [3.63, 3.8) is 0 Å². The molecular formula is C18H18FN3O2S. The third kappa shape index (κ3) is 4.67. The summed E-state index contributed by atoms with van der Waals surface area (Å²) < 4.78 is 20.8. The number of nitrogens with zero attached hydrogens (tertiary/aromatic N) is 2. The Hall–Kier alpha value is -2.67. The maximum atomic E-state index is 13.5. The second kappa shape index (κ2) is 7.94. The monoisotopic (exact) mass is 359 g/mol. The largest absolute Gasteiger partial charge is 0.486 e. The summed E-state index contributed by atoms with van der Waals surface area (Å²) in [6.45, 7) is 2.75. The lowest BCUT2D eigenvalue weighted by Gasteiger charge is -2.13. The highest BCUT2D eigenvalue weighted by Gasteiger charge is 2.13. The van der Waals surface area contributed by atoms with Crippen molar-refractivity contribution in [3.05, 3.63) is 70.4 Å². The smallest absolute Gasteiger partial charge is 0.261 e. The molecule has 0 saturated heterocycles. The Morgan fingerprint density at radius 1 is 1.40 bits per heavy atom. The normalized spacial score (nSPS) is 11.9. The summed E-state index contributed by atoms with van der Waals surface area (Å²) in [6.07, 6.45) is 3.56. The van der Waals surface area contributed by atoms with Crippen LogP contribution in [0.25, 0.3) is 0 Å². The molecule has 1 atom stereocenters. The van der Waals surface area contributed by atoms with Crippen molar-refractivity contribution >= 4 is 17.2 Å². The molecular weight excluding hydrogens is 341 g/mol. The van der Waals surface area contributed by atoms with Crippen LogP contribution >= 0.6 is 11.3 Å². The van der Waals surface area contributed by atoms with Gasteiger partial charge in [0.05, 0.1) is 11.4 Å². The molecule has 7 heteroatoms. The van der Waals surface area contributed by atoms with Crippen LogP contribution in [0.2, 0.25) is 0 Å². The zero-order valence-corrected chi connectivity index (χ0v) is 14.5. The van der Waals surface area contributed by atoms with Gasteiger partial charge in [0.15, 0.2) is 11.6 Å². The van der Waals surface area contributed by atoms with Gasteiger partial charge in [-0.05, 0) is 36.6 Å². The quantitative estimate of drug-likeness (QED) is 0.703. The number of hydrogen-bond donors (Lipinski definition) is 1. The Bertz CT molecular complexity index is 832. The summed E-state index contributed by atoms with van der Waals surface area (Å²) in [5.74, 6) is -0.336. The summed E-state index contributed by atoms with van der Waals surface area (Å²) in [4.78, 5) is 12.9. The first-order valence-corrected chi connectivity index (χ1v) is 8.73. The lowest BCUT2D eigenvalue weighted by molar-refractivity contribution is 0.0940. The van der Waals surface area contributed by atoms with E-state index in [4.69, 9.17) is 4.74 Å². The van der Waals surface area contributed by atoms with Gasteiger partial charge in [-0.15, -0.1) is 11.3 Å². The zero-order valence-electron chi connectivity index (χ0n) is 13.7. The summed E-state index contributed by atoms with van der Waals surface area (Å²) in [6, 6.07) is 9.81. The van der Waals surface area contributed by atoms with Crippen LogP contribution in [0, 0.1) is 5.82 Å². The van der Waals surface area contributed by atoms with Crippen molar-refractivity contribution in [1.82, 2.24) is 15.1 Å². The van der Waals surface area contributed by atoms with Gasteiger partial charge in [0.1, 0.15) is 6.61 Å². The van der Waals surface area contributed by atoms with Crippen molar-refractivity contribution < 1.29 is 13.9 Å². The number of nitrogens with one attached hydrogen (secondary N) is 1. The predicted octanol–water partition coefficient (Wildman–Crippen LogP) is 3.48. The minimum atomic E-state index is -0.400. The Morgan fingerprint density at radius 3 is 3.00 bits per heavy atom. The van der Waals surface area contributed by atoms with Crippen LogP contribution in [0.4, 0.5) is 4.39 Å². The minimum absolute atomic E-state index is 0.0485. The third-order valence-electron chi connectivity index (χ3n) is 3.51. The van der Waals surface area contributed by atoms with Gasteiger partial charge in [0.2, 0.25) is 0 Å². The molecule has 25 heavy (non-hydrogen) atoms. The van der Waals surface area contributed by atoms with Crippen LogP contribution in [0.5, 0.6) is 5.75 Å². The number of hydrogen-bond acceptors (Lipinski definition) is 4. The summed E-state index contributed by atoms with van der Waals surface area (Å²) in [5.41, 5.74) is 0.832. The maximum absolute atomic E-state index is 13.5. The molecule has 0 spiro atoms. The molecule has 0 saturated carbocycles. The van der Waals surface area contributed by atoms with Gasteiger partial charge in [0.25, 0.3) is 5.91 Å². The summed E-state index contributed by atoms with van der Waals surface area (Å²) in [7, 11) is 0. The molecule has 130 valence electrons. The Labute approximate surface area is 149 Å². The third-order valence-corrected chi connectivity index (χ3v) is 4.48. The standard InChI is InChI=1S/C18H18FN3O2S/c1-13(10-22-8-4-7-20-22)21-18(23)17-9-14(12-25-17)11-24-16-6-3-2-5-15(16)19/h2-9,12-13H,10-11H2,1H3,(H,21,23). The second-order valence-electron chi connectivity index (χ2n) is 5.64. The predicted molar refractivity (Wildman–Crippen MR) is 94.2 cm³/mol. The van der Waals surface area contributed by atoms with E-state index in [1.807, 2.05) is 24.6 Å². The SMILES string of the molecule is CC(Cn1cccn1)NC(=O)c1cc(COc2ccccc2F)cs1. The molecule has 1 aromatic carbocycles. The minimum Gasteiger partial charge on any atom is -0.486 e. The van der Waals surface area contributed by atoms with E-state index in [-0.39, 0.29) is 24.3 Å². The second-order valence-corrected chi connectivity index (χ2v) is 6.55. The highest BCUT2D eigenvalue weighted by Crippen LogP contribution is 2.20. The van der Waals surface area contributed by atoms with Gasteiger partial charge in [-0.25, -0.2) is 4.39 Å². The van der Waals surface area contributed by atoms with Crippen LogP contribution in [-0.2, 0) is 13.2 Å². The Balaban J connectivity index is 1.53. The molecule has 1 amide bonds. The van der Waals surface area contributed by atoms with E-state index in [0.717, 1.165) is 5.56 Å². The molecule has 0 fully saturated rings. The van der Waals surface area contributed by atoms with E-state index < -0.39 is 5.82 Å². The fourth-order valence-electron chi connectivity index (χ4n) is 2.32. The van der Waals surface area contributed by atoms with Crippen molar-refractivity contribution in [2.75, 3.05) is 0 Å². The molecule has 0 bridgehead atoms. The lowest BCUT2D eigenvalue weighted by Crippen LogP contribution is -2.35. The average Bonchev–Trinajstić information content (AvgIpc) is 3.25. The number of benzene rings is 1. The van der Waals surface area contributed by atoms with E-state index in [2.05, 4.69) is 10.4 Å². The van der Waals surface area contributed by atoms with Crippen molar-refractivity contribution in [2.24, 2.45) is 0 Å². The van der Waals surface area contributed by atoms with Gasteiger partial charge in [0, 0.05) is 24.0 Å². The molecule has 3 rings (SSSR count). The summed E-state index contributed by atoms with van der Waals surface area (Å²) in [5, 5.41) is 8.90. The number of rotatable bonds is 7. The molecule has 2 aromatic heterocycles. The highest BCUT2D eigenvalue weighted by molar-refractivity contribution is 7.12. The number of halogens is 1. The first-order chi connectivity index (χ1) is 12.1. The fourth-order valence-corrected chi connectivity index (χ4v) is 3.12. The van der Waals surface area contributed by atoms with E-state index in [1.165, 1.54) is 17.4 Å². The molecule has 1 unspecified atom stereocenters. The number of carbonyl (C=O) groups excluding carboxylic acids is 1. The Kier molecular flexibility index (Phi) is 5.45. The van der Waals surface area contributed by atoms with Crippen LogP contribution in [0.15, 0.2) is 54.2 Å². The topological polar surface area (TPSA) is 56.2 Å². The van der Waals surface area contributed by atoms with E-state index in [9.17, 15) is 9.18 Å². The number of ether oxygens (including phenoxy) is 1. The molecule has 3 aromatic rings. The van der Waals surface area contributed by atoms with Gasteiger partial charge >= 0.3 is 0 Å². The van der Waals surface area contributed by atoms with Gasteiger partial charge in [-0.3, -0.25) is 9.48 Å². The van der Waals surface area contributed by atoms with Crippen molar-refractivity contribution in [1.29, 1.82) is 0 Å². The van der Waals surface area contributed by atoms with Crippen LogP contribution in [0.3, 0.4) is 0 Å². The number of carbonyl (C=O) groups is 1. The number of aromatic nitrogens is 2. The van der Waals surface area contributed by atoms with Crippen LogP contribution < -0.4 is 10.1 Å². The van der Waals surface area contributed by atoms with Crippen molar-refractivity contribution in [3.8, 4) is 5.75 Å².